The van der Waals surface area contributed by atoms with E-state index in [-0.39, 0.29) is 17.4 Å². The molecule has 0 heterocycles. The number of aliphatic hydroxyl groups excluding tert-OH is 1. The molecular weight excluding hydrogens is 581 g/mol. The van der Waals surface area contributed by atoms with Gasteiger partial charge in [0.15, 0.2) is 0 Å². The number of rotatable bonds is 11. The van der Waals surface area contributed by atoms with Crippen LogP contribution in [0.1, 0.15) is 27.6 Å². The summed E-state index contributed by atoms with van der Waals surface area (Å²) >= 11 is 0. The van der Waals surface area contributed by atoms with Gasteiger partial charge >= 0.3 is 12.5 Å². The molecule has 0 radical (unpaired) electrons. The summed E-state index contributed by atoms with van der Waals surface area (Å²) in [5.74, 6) is -0.540. The van der Waals surface area contributed by atoms with Gasteiger partial charge in [-0.15, -0.1) is 0 Å². The van der Waals surface area contributed by atoms with Crippen LogP contribution < -0.4 is 14.8 Å². The van der Waals surface area contributed by atoms with E-state index in [0.717, 1.165) is 18.2 Å². The lowest BCUT2D eigenvalue weighted by molar-refractivity contribution is -0.253. The molecule has 0 spiro atoms. The molecule has 0 aliphatic rings. The molecule has 5 rings (SSSR count). The van der Waals surface area contributed by atoms with Gasteiger partial charge in [0.2, 0.25) is 0 Å². The molecule has 2 N–H and O–H groups in total. The Morgan fingerprint density at radius 1 is 0.773 bits per heavy atom. The molecule has 10 heteroatoms. The number of carbonyl (C=O) groups excluding carboxylic acids is 1. The van der Waals surface area contributed by atoms with E-state index in [2.05, 4.69) is 10.1 Å². The molecule has 2 unspecified atom stereocenters. The number of nitrogens with one attached hydrogen (secondary N) is 1. The van der Waals surface area contributed by atoms with E-state index in [1.165, 1.54) is 24.3 Å². The number of para-hydroxylation sites is 1. The Labute approximate surface area is 249 Å². The van der Waals surface area contributed by atoms with Crippen LogP contribution in [-0.4, -0.2) is 29.6 Å². The molecule has 5 aromatic rings. The zero-order valence-electron chi connectivity index (χ0n) is 23.0. The summed E-state index contributed by atoms with van der Waals surface area (Å²) in [6.07, 6.45) is -10.2. The van der Waals surface area contributed by atoms with E-state index >= 15 is 0 Å². The zero-order chi connectivity index (χ0) is 31.3. The quantitative estimate of drug-likeness (QED) is 0.149. The smallest absolute Gasteiger partial charge is 0.457 e. The molecule has 0 aliphatic carbocycles. The molecular formula is C34H26F5NO4. The van der Waals surface area contributed by atoms with Crippen LogP contribution >= 0.6 is 0 Å². The zero-order valence-corrected chi connectivity index (χ0v) is 23.0. The topological polar surface area (TPSA) is 67.8 Å². The highest BCUT2D eigenvalue weighted by molar-refractivity contribution is 6.07. The summed E-state index contributed by atoms with van der Waals surface area (Å²) in [7, 11) is 0. The van der Waals surface area contributed by atoms with Crippen LogP contribution in [0.25, 0.3) is 10.8 Å². The van der Waals surface area contributed by atoms with Gasteiger partial charge in [0, 0.05) is 10.9 Å². The summed E-state index contributed by atoms with van der Waals surface area (Å²) < 4.78 is 77.0. The van der Waals surface area contributed by atoms with Crippen molar-refractivity contribution in [1.82, 2.24) is 5.32 Å². The van der Waals surface area contributed by atoms with E-state index in [1.54, 1.807) is 54.6 Å². The Bertz CT molecular complexity index is 1730. The van der Waals surface area contributed by atoms with E-state index in [4.69, 9.17) is 4.74 Å². The first-order valence-electron chi connectivity index (χ1n) is 13.5. The molecule has 44 heavy (non-hydrogen) atoms. The second-order valence-corrected chi connectivity index (χ2v) is 9.97. The number of carbonyl (C=O) groups is 1. The first-order valence-corrected chi connectivity index (χ1v) is 13.5. The number of fused-ring (bicyclic) bond motifs is 1. The monoisotopic (exact) mass is 607 g/mol. The third-order valence-electron chi connectivity index (χ3n) is 6.88. The van der Waals surface area contributed by atoms with Crippen molar-refractivity contribution in [3.05, 3.63) is 138 Å². The van der Waals surface area contributed by atoms with Crippen molar-refractivity contribution < 1.29 is 41.3 Å². The fourth-order valence-electron chi connectivity index (χ4n) is 4.73. The third kappa shape index (κ3) is 7.15. The van der Waals surface area contributed by atoms with Gasteiger partial charge in [-0.3, -0.25) is 4.79 Å². The lowest BCUT2D eigenvalue weighted by Gasteiger charge is -2.26. The van der Waals surface area contributed by atoms with Crippen molar-refractivity contribution in [1.29, 1.82) is 0 Å². The number of benzene rings is 5. The number of hydrogen-bond donors (Lipinski definition) is 2. The van der Waals surface area contributed by atoms with E-state index in [9.17, 15) is 31.9 Å². The molecule has 0 aliphatic heterocycles. The van der Waals surface area contributed by atoms with Gasteiger partial charge in [0.05, 0.1) is 12.1 Å². The van der Waals surface area contributed by atoms with Crippen molar-refractivity contribution in [2.75, 3.05) is 0 Å². The Morgan fingerprint density at radius 2 is 1.41 bits per heavy atom. The highest BCUT2D eigenvalue weighted by Crippen LogP contribution is 2.30. The van der Waals surface area contributed by atoms with Crippen LogP contribution in [0.3, 0.4) is 0 Å². The minimum atomic E-state index is -4.71. The lowest BCUT2D eigenvalue weighted by atomic mass is 9.95. The van der Waals surface area contributed by atoms with E-state index in [1.807, 2.05) is 18.2 Å². The summed E-state index contributed by atoms with van der Waals surface area (Å²) in [5.41, 5.74) is 0.862. The van der Waals surface area contributed by atoms with E-state index in [0.29, 0.717) is 28.0 Å². The van der Waals surface area contributed by atoms with Crippen LogP contribution in [0.4, 0.5) is 22.0 Å². The fourth-order valence-corrected chi connectivity index (χ4v) is 4.73. The number of halogens is 5. The number of hydrogen-bond acceptors (Lipinski definition) is 4. The number of alkyl halides is 4. The van der Waals surface area contributed by atoms with Crippen LogP contribution in [0, 0.1) is 5.82 Å². The molecule has 226 valence electrons. The second-order valence-electron chi connectivity index (χ2n) is 9.97. The number of ether oxygens (including phenoxy) is 2. The predicted octanol–water partition coefficient (Wildman–Crippen LogP) is 8.08. The van der Waals surface area contributed by atoms with Crippen molar-refractivity contribution in [3.63, 3.8) is 0 Å². The van der Waals surface area contributed by atoms with Gasteiger partial charge in [-0.25, -0.2) is 4.39 Å². The van der Waals surface area contributed by atoms with Crippen molar-refractivity contribution in [2.24, 2.45) is 0 Å². The maximum atomic E-state index is 14.4. The van der Waals surface area contributed by atoms with E-state index < -0.39 is 42.2 Å². The Kier molecular flexibility index (Phi) is 9.10. The Morgan fingerprint density at radius 3 is 2.11 bits per heavy atom. The first-order chi connectivity index (χ1) is 21.1. The molecule has 0 saturated heterocycles. The second kappa shape index (κ2) is 13.1. The predicted molar refractivity (Wildman–Crippen MR) is 155 cm³/mol. The fraction of sp³-hybridized carbons (Fsp3) is 0.147. The normalized spacial score (nSPS) is 13.0. The molecule has 2 atom stereocenters. The molecule has 0 bridgehead atoms. The third-order valence-corrected chi connectivity index (χ3v) is 6.88. The van der Waals surface area contributed by atoms with Crippen molar-refractivity contribution in [3.8, 4) is 17.2 Å². The molecule has 0 saturated carbocycles. The highest BCUT2D eigenvalue weighted by atomic mass is 19.3. The van der Waals surface area contributed by atoms with Crippen LogP contribution in [0.15, 0.2) is 115 Å². The Balaban J connectivity index is 1.43. The summed E-state index contributed by atoms with van der Waals surface area (Å²) in [5, 5.41) is 14.8. The van der Waals surface area contributed by atoms with Gasteiger partial charge in [0.1, 0.15) is 23.1 Å². The largest absolute Gasteiger partial charge is 0.461 e. The maximum Gasteiger partial charge on any atom is 0.461 e. The average Bonchev–Trinajstić information content (AvgIpc) is 3.01. The van der Waals surface area contributed by atoms with Gasteiger partial charge in [-0.05, 0) is 71.5 Å². The van der Waals surface area contributed by atoms with Gasteiger partial charge in [0.25, 0.3) is 5.91 Å². The van der Waals surface area contributed by atoms with Crippen molar-refractivity contribution in [2.45, 2.75) is 31.1 Å². The SMILES string of the molecule is O=C(NC(Cc1cccc(OC(F)(F)C(F)F)c1)C(O)c1ccc(Oc2ccccc2)cc1)c1ccc(F)c2ccccc12. The van der Waals surface area contributed by atoms with Gasteiger partial charge in [-0.1, -0.05) is 66.7 Å². The molecule has 0 aromatic heterocycles. The number of aliphatic hydroxyl groups is 1. The van der Waals surface area contributed by atoms with Crippen LogP contribution in [-0.2, 0) is 6.42 Å². The molecule has 5 nitrogen and oxygen atoms in total. The number of amides is 1. The maximum absolute atomic E-state index is 14.4. The standard InChI is InChI=1S/C34H26F5NO4/c35-29-18-17-28(26-11-4-5-12-27(26)29)32(42)40-30(20-21-7-6-10-25(19-21)44-34(38,39)33(36)37)31(41)22-13-15-24(16-14-22)43-23-8-2-1-3-9-23/h1-19,30-31,33,41H,20H2,(H,40,42). The van der Waals surface area contributed by atoms with Crippen LogP contribution in [0.5, 0.6) is 17.2 Å². The minimum Gasteiger partial charge on any atom is -0.457 e. The lowest BCUT2D eigenvalue weighted by Crippen LogP contribution is -2.41. The minimum absolute atomic E-state index is 0.105. The Hall–Kier alpha value is -4.96. The molecule has 5 aromatic carbocycles. The molecule has 1 amide bonds. The summed E-state index contributed by atoms with van der Waals surface area (Å²) in [6.45, 7) is 0. The molecule has 0 fully saturated rings. The van der Waals surface area contributed by atoms with Crippen LogP contribution in [0.2, 0.25) is 0 Å². The van der Waals surface area contributed by atoms with Gasteiger partial charge < -0.3 is 19.9 Å². The van der Waals surface area contributed by atoms with Crippen molar-refractivity contribution >= 4 is 16.7 Å². The highest BCUT2D eigenvalue weighted by Gasteiger charge is 2.44. The first kappa shape index (κ1) is 30.5. The average molecular weight is 608 g/mol. The van der Waals surface area contributed by atoms with Gasteiger partial charge in [-0.2, -0.15) is 17.6 Å². The summed E-state index contributed by atoms with van der Waals surface area (Å²) in [4.78, 5) is 13.5. The summed E-state index contributed by atoms with van der Waals surface area (Å²) in [6, 6.07) is 28.5.